The summed E-state index contributed by atoms with van der Waals surface area (Å²) in [5.74, 6) is -1.01. The lowest BCUT2D eigenvalue weighted by Gasteiger charge is -2.06. The highest BCUT2D eigenvalue weighted by Crippen LogP contribution is 2.31. The molecule has 0 fully saturated rings. The largest absolute Gasteiger partial charge is 0.497 e. The van der Waals surface area contributed by atoms with Gasteiger partial charge >= 0.3 is 5.82 Å². The summed E-state index contributed by atoms with van der Waals surface area (Å²) in [6.45, 7) is 0.102. The molecule has 1 amide bonds. The van der Waals surface area contributed by atoms with Gasteiger partial charge in [0.2, 0.25) is 5.76 Å². The maximum atomic E-state index is 12.6. The van der Waals surface area contributed by atoms with Crippen LogP contribution in [0.1, 0.15) is 15.9 Å². The molecule has 11 heteroatoms. The van der Waals surface area contributed by atoms with E-state index in [1.807, 2.05) is 0 Å². The second-order valence-electron chi connectivity index (χ2n) is 5.80. The standard InChI is InChI=1S/C18H14N4O7/c1-28-14-8-2-11(3-9-14)10-19-18(23)15-16(29-20-17(15)22(26)27)12-4-6-13(7-5-12)21(24)25/h2-9H,10H2,1H3,(H,19,23). The van der Waals surface area contributed by atoms with Crippen molar-refractivity contribution >= 4 is 17.4 Å². The van der Waals surface area contributed by atoms with E-state index in [1.54, 1.807) is 24.3 Å². The zero-order valence-corrected chi connectivity index (χ0v) is 15.0. The molecule has 3 rings (SSSR count). The highest BCUT2D eigenvalue weighted by molar-refractivity contribution is 6.02. The fourth-order valence-corrected chi connectivity index (χ4v) is 2.56. The third kappa shape index (κ3) is 4.18. The van der Waals surface area contributed by atoms with Crippen molar-refractivity contribution in [2.45, 2.75) is 6.54 Å². The van der Waals surface area contributed by atoms with Gasteiger partial charge in [-0.1, -0.05) is 12.1 Å². The zero-order chi connectivity index (χ0) is 21.0. The summed E-state index contributed by atoms with van der Waals surface area (Å²) in [5.41, 5.74) is 0.451. The molecule has 0 aliphatic heterocycles. The van der Waals surface area contributed by atoms with E-state index in [9.17, 15) is 25.0 Å². The van der Waals surface area contributed by atoms with Crippen molar-refractivity contribution in [2.75, 3.05) is 7.11 Å². The lowest BCUT2D eigenvalue weighted by Crippen LogP contribution is -2.23. The Balaban J connectivity index is 1.87. The summed E-state index contributed by atoms with van der Waals surface area (Å²) < 4.78 is 10.1. The minimum absolute atomic E-state index is 0.102. The van der Waals surface area contributed by atoms with Crippen LogP contribution in [0.2, 0.25) is 0 Å². The summed E-state index contributed by atoms with van der Waals surface area (Å²) >= 11 is 0. The normalized spacial score (nSPS) is 10.4. The molecular weight excluding hydrogens is 384 g/mol. The minimum Gasteiger partial charge on any atom is -0.497 e. The molecule has 0 saturated heterocycles. The number of aromatic nitrogens is 1. The van der Waals surface area contributed by atoms with Gasteiger partial charge in [-0.05, 0) is 34.8 Å². The topological polar surface area (TPSA) is 151 Å². The van der Waals surface area contributed by atoms with Gasteiger partial charge in [-0.25, -0.2) is 0 Å². The van der Waals surface area contributed by atoms with Crippen LogP contribution in [-0.2, 0) is 6.54 Å². The second kappa shape index (κ2) is 8.17. The molecule has 0 bridgehead atoms. The number of nitro benzene ring substituents is 1. The van der Waals surface area contributed by atoms with Gasteiger partial charge < -0.3 is 20.2 Å². The van der Waals surface area contributed by atoms with Gasteiger partial charge in [0.15, 0.2) is 10.7 Å². The van der Waals surface area contributed by atoms with Crippen LogP contribution < -0.4 is 10.1 Å². The van der Waals surface area contributed by atoms with E-state index in [0.29, 0.717) is 5.75 Å². The van der Waals surface area contributed by atoms with E-state index in [-0.39, 0.29) is 29.1 Å². The Morgan fingerprint density at radius 1 is 1.07 bits per heavy atom. The highest BCUT2D eigenvalue weighted by Gasteiger charge is 2.33. The summed E-state index contributed by atoms with van der Waals surface area (Å²) in [4.78, 5) is 33.3. The molecular formula is C18H14N4O7. The minimum atomic E-state index is -0.833. The number of benzene rings is 2. The first-order valence-electron chi connectivity index (χ1n) is 8.20. The molecule has 1 N–H and O–H groups in total. The Kier molecular flexibility index (Phi) is 5.49. The molecule has 0 atom stereocenters. The van der Waals surface area contributed by atoms with Gasteiger partial charge in [0.1, 0.15) is 5.75 Å². The number of nitro groups is 2. The van der Waals surface area contributed by atoms with E-state index in [0.717, 1.165) is 5.56 Å². The Morgan fingerprint density at radius 2 is 1.72 bits per heavy atom. The Morgan fingerprint density at radius 3 is 2.28 bits per heavy atom. The maximum absolute atomic E-state index is 12.6. The van der Waals surface area contributed by atoms with Gasteiger partial charge in [-0.3, -0.25) is 19.4 Å². The van der Waals surface area contributed by atoms with Crippen molar-refractivity contribution in [3.63, 3.8) is 0 Å². The molecule has 0 aliphatic rings. The lowest BCUT2D eigenvalue weighted by molar-refractivity contribution is -0.391. The van der Waals surface area contributed by atoms with E-state index >= 15 is 0 Å². The molecule has 1 heterocycles. The number of carbonyl (C=O) groups excluding carboxylic acids is 1. The number of methoxy groups -OCH3 is 1. The number of hydrogen-bond acceptors (Lipinski definition) is 8. The lowest BCUT2D eigenvalue weighted by atomic mass is 10.1. The first kappa shape index (κ1) is 19.5. The van der Waals surface area contributed by atoms with Crippen LogP contribution in [0.25, 0.3) is 11.3 Å². The first-order chi connectivity index (χ1) is 13.9. The first-order valence-corrected chi connectivity index (χ1v) is 8.20. The molecule has 11 nitrogen and oxygen atoms in total. The van der Waals surface area contributed by atoms with E-state index < -0.39 is 21.6 Å². The van der Waals surface area contributed by atoms with Gasteiger partial charge in [0.05, 0.1) is 12.0 Å². The predicted octanol–water partition coefficient (Wildman–Crippen LogP) is 3.10. The quantitative estimate of drug-likeness (QED) is 0.471. The molecule has 0 aliphatic carbocycles. The van der Waals surface area contributed by atoms with Crippen molar-refractivity contribution in [3.05, 3.63) is 79.9 Å². The average Bonchev–Trinajstić information content (AvgIpc) is 3.18. The number of hydrogen-bond donors (Lipinski definition) is 1. The van der Waals surface area contributed by atoms with Crippen LogP contribution in [0.15, 0.2) is 53.1 Å². The van der Waals surface area contributed by atoms with Crippen LogP contribution >= 0.6 is 0 Å². The summed E-state index contributed by atoms with van der Waals surface area (Å²) in [7, 11) is 1.53. The van der Waals surface area contributed by atoms with Crippen LogP contribution in [0.5, 0.6) is 5.75 Å². The number of carbonyl (C=O) groups is 1. The van der Waals surface area contributed by atoms with Gasteiger partial charge in [-0.2, -0.15) is 0 Å². The van der Waals surface area contributed by atoms with E-state index in [1.165, 1.54) is 31.4 Å². The van der Waals surface area contributed by atoms with Crippen LogP contribution in [0.3, 0.4) is 0 Å². The number of non-ortho nitro benzene ring substituents is 1. The average molecular weight is 398 g/mol. The Bertz CT molecular complexity index is 1060. The zero-order valence-electron chi connectivity index (χ0n) is 15.0. The molecule has 0 spiro atoms. The van der Waals surface area contributed by atoms with Crippen LogP contribution in [0, 0.1) is 20.2 Å². The molecule has 2 aromatic carbocycles. The van der Waals surface area contributed by atoms with Crippen molar-refractivity contribution in [1.29, 1.82) is 0 Å². The number of nitrogens with one attached hydrogen (secondary N) is 1. The number of ether oxygens (including phenoxy) is 1. The number of nitrogens with zero attached hydrogens (tertiary/aromatic N) is 3. The molecule has 3 aromatic rings. The molecule has 1 aromatic heterocycles. The van der Waals surface area contributed by atoms with Crippen LogP contribution in [0.4, 0.5) is 11.5 Å². The van der Waals surface area contributed by atoms with Crippen molar-refractivity contribution in [3.8, 4) is 17.1 Å². The van der Waals surface area contributed by atoms with Gasteiger partial charge in [0, 0.05) is 24.2 Å². The Hall–Kier alpha value is -4.28. The van der Waals surface area contributed by atoms with E-state index in [4.69, 9.17) is 9.26 Å². The molecule has 148 valence electrons. The third-order valence-electron chi connectivity index (χ3n) is 4.03. The maximum Gasteiger partial charge on any atom is 0.427 e. The SMILES string of the molecule is COc1ccc(CNC(=O)c2c([N+](=O)[O-])noc2-c2ccc([N+](=O)[O-])cc2)cc1. The molecule has 0 unspecified atom stereocenters. The smallest absolute Gasteiger partial charge is 0.427 e. The van der Waals surface area contributed by atoms with Crippen molar-refractivity contribution < 1.29 is 23.9 Å². The number of amides is 1. The highest BCUT2D eigenvalue weighted by atomic mass is 16.6. The molecule has 0 radical (unpaired) electrons. The van der Waals surface area contributed by atoms with Gasteiger partial charge in [0.25, 0.3) is 11.6 Å². The van der Waals surface area contributed by atoms with Gasteiger partial charge in [-0.15, -0.1) is 0 Å². The molecule has 0 saturated carbocycles. The summed E-state index contributed by atoms with van der Waals surface area (Å²) in [6, 6.07) is 11.9. The van der Waals surface area contributed by atoms with E-state index in [2.05, 4.69) is 10.5 Å². The fourth-order valence-electron chi connectivity index (χ4n) is 2.56. The fraction of sp³-hybridized carbons (Fsp3) is 0.111. The van der Waals surface area contributed by atoms with Crippen molar-refractivity contribution in [1.82, 2.24) is 10.5 Å². The number of rotatable bonds is 7. The molecule has 29 heavy (non-hydrogen) atoms. The monoisotopic (exact) mass is 398 g/mol. The predicted molar refractivity (Wildman–Crippen MR) is 99.4 cm³/mol. The Labute approximate surface area is 163 Å². The van der Waals surface area contributed by atoms with Crippen molar-refractivity contribution in [2.24, 2.45) is 0 Å². The third-order valence-corrected chi connectivity index (χ3v) is 4.03. The van der Waals surface area contributed by atoms with Crippen LogP contribution in [-0.4, -0.2) is 28.0 Å². The summed E-state index contributed by atoms with van der Waals surface area (Å²) in [5, 5.41) is 28.0. The summed E-state index contributed by atoms with van der Waals surface area (Å²) in [6.07, 6.45) is 0. The second-order valence-corrected chi connectivity index (χ2v) is 5.80.